The van der Waals surface area contributed by atoms with Gasteiger partial charge in [0.25, 0.3) is 0 Å². The molecular weight excluding hydrogens is 452 g/mol. The van der Waals surface area contributed by atoms with Crippen LogP contribution in [0.15, 0.2) is 97.1 Å². The molecule has 2 heteroatoms. The minimum atomic E-state index is -0.255. The van der Waals surface area contributed by atoms with E-state index in [-0.39, 0.29) is 35.9 Å². The maximum atomic E-state index is 10.3. The van der Waals surface area contributed by atoms with Crippen LogP contribution in [0, 0.1) is 11.8 Å². The first-order valence-electron chi connectivity index (χ1n) is 13.6. The number of benzene rings is 4. The molecule has 2 atom stereocenters. The highest BCUT2D eigenvalue weighted by atomic mass is 16.3. The smallest absolute Gasteiger partial charge is 0.0457 e. The van der Waals surface area contributed by atoms with Gasteiger partial charge in [-0.15, -0.1) is 0 Å². The zero-order valence-electron chi connectivity index (χ0n) is 21.8. The van der Waals surface area contributed by atoms with Crippen LogP contribution in [0.4, 0.5) is 0 Å². The summed E-state index contributed by atoms with van der Waals surface area (Å²) in [7, 11) is 0. The Morgan fingerprint density at radius 3 is 1.03 bits per heavy atom. The Hall–Kier alpha value is -3.20. The lowest BCUT2D eigenvalue weighted by Gasteiger charge is -2.44. The van der Waals surface area contributed by atoms with Crippen molar-refractivity contribution in [3.63, 3.8) is 0 Å². The van der Waals surface area contributed by atoms with Crippen molar-refractivity contribution in [1.82, 2.24) is 0 Å². The lowest BCUT2D eigenvalue weighted by atomic mass is 9.58. The molecule has 4 aromatic rings. The van der Waals surface area contributed by atoms with Crippen molar-refractivity contribution in [1.29, 1.82) is 0 Å². The highest BCUT2D eigenvalue weighted by Crippen LogP contribution is 2.62. The molecule has 0 saturated heterocycles. The van der Waals surface area contributed by atoms with Crippen molar-refractivity contribution in [3.8, 4) is 22.3 Å². The Morgan fingerprint density at radius 1 is 0.486 bits per heavy atom. The summed E-state index contributed by atoms with van der Waals surface area (Å²) in [6.07, 6.45) is 2.64. The van der Waals surface area contributed by atoms with E-state index in [0.717, 1.165) is 19.3 Å². The van der Waals surface area contributed by atoms with Crippen molar-refractivity contribution in [2.45, 2.75) is 43.9 Å². The van der Waals surface area contributed by atoms with Crippen LogP contribution in [-0.4, -0.2) is 23.4 Å². The third-order valence-corrected chi connectivity index (χ3v) is 8.97. The van der Waals surface area contributed by atoms with Crippen LogP contribution in [0.2, 0.25) is 0 Å². The Kier molecular flexibility index (Phi) is 6.06. The second-order valence-corrected chi connectivity index (χ2v) is 11.5. The third-order valence-electron chi connectivity index (χ3n) is 8.97. The quantitative estimate of drug-likeness (QED) is 0.272. The van der Waals surface area contributed by atoms with E-state index in [0.29, 0.717) is 0 Å². The van der Waals surface area contributed by atoms with Gasteiger partial charge in [0, 0.05) is 24.0 Å². The summed E-state index contributed by atoms with van der Waals surface area (Å²) in [5.74, 6) is 0.303. The van der Waals surface area contributed by atoms with Gasteiger partial charge < -0.3 is 10.2 Å². The first kappa shape index (κ1) is 24.2. The average molecular weight is 489 g/mol. The van der Waals surface area contributed by atoms with Crippen molar-refractivity contribution < 1.29 is 10.2 Å². The highest BCUT2D eigenvalue weighted by molar-refractivity contribution is 5.84. The molecule has 0 amide bonds. The molecule has 188 valence electrons. The Labute approximate surface area is 220 Å². The normalized spacial score (nSPS) is 17.4. The number of rotatable bonds is 8. The number of hydrogen-bond acceptors (Lipinski definition) is 2. The summed E-state index contributed by atoms with van der Waals surface area (Å²) in [5, 5.41) is 20.6. The fraction of sp³-hybridized carbons (Fsp3) is 0.314. The zero-order valence-corrected chi connectivity index (χ0v) is 21.8. The van der Waals surface area contributed by atoms with Crippen molar-refractivity contribution in [3.05, 3.63) is 119 Å². The van der Waals surface area contributed by atoms with E-state index in [9.17, 15) is 10.2 Å². The topological polar surface area (TPSA) is 40.5 Å². The molecule has 4 aromatic carbocycles. The monoisotopic (exact) mass is 488 g/mol. The SMILES string of the molecule is CC(CO)CC1(CC2(CC(C)CO)c3ccccc3-c3ccccc32)c2ccccc2-c2ccccc21. The minimum Gasteiger partial charge on any atom is -0.396 e. The van der Waals surface area contributed by atoms with E-state index in [1.807, 2.05) is 0 Å². The Morgan fingerprint density at radius 2 is 0.757 bits per heavy atom. The largest absolute Gasteiger partial charge is 0.396 e. The number of hydrogen-bond donors (Lipinski definition) is 2. The first-order valence-corrected chi connectivity index (χ1v) is 13.6. The fourth-order valence-electron chi connectivity index (χ4n) is 7.63. The maximum Gasteiger partial charge on any atom is 0.0457 e. The van der Waals surface area contributed by atoms with E-state index >= 15 is 0 Å². The van der Waals surface area contributed by atoms with Gasteiger partial charge >= 0.3 is 0 Å². The molecule has 0 saturated carbocycles. The summed E-state index contributed by atoms with van der Waals surface area (Å²) >= 11 is 0. The zero-order chi connectivity index (χ0) is 25.6. The Bertz CT molecular complexity index is 1230. The van der Waals surface area contributed by atoms with E-state index in [4.69, 9.17) is 0 Å². The molecule has 0 aromatic heterocycles. The van der Waals surface area contributed by atoms with Gasteiger partial charge in [-0.3, -0.25) is 0 Å². The molecule has 0 spiro atoms. The van der Waals surface area contributed by atoms with Crippen LogP contribution in [0.1, 0.15) is 55.4 Å². The molecule has 0 bridgehead atoms. The van der Waals surface area contributed by atoms with E-state index in [2.05, 4.69) is 111 Å². The summed E-state index contributed by atoms with van der Waals surface area (Å²) < 4.78 is 0. The summed E-state index contributed by atoms with van der Waals surface area (Å²) in [4.78, 5) is 0. The van der Waals surface area contributed by atoms with Gasteiger partial charge in [-0.1, -0.05) is 111 Å². The van der Waals surface area contributed by atoms with Crippen LogP contribution in [0.5, 0.6) is 0 Å². The van der Waals surface area contributed by atoms with Crippen LogP contribution in [0.25, 0.3) is 22.3 Å². The Balaban J connectivity index is 1.66. The molecule has 2 nitrogen and oxygen atoms in total. The van der Waals surface area contributed by atoms with Gasteiger partial charge in [-0.2, -0.15) is 0 Å². The number of aliphatic hydroxyl groups excluding tert-OH is 2. The summed E-state index contributed by atoms with van der Waals surface area (Å²) in [5.41, 5.74) is 10.2. The van der Waals surface area contributed by atoms with Crippen LogP contribution < -0.4 is 0 Å². The molecule has 6 rings (SSSR count). The maximum absolute atomic E-state index is 10.3. The average Bonchev–Trinajstić information content (AvgIpc) is 3.37. The highest BCUT2D eigenvalue weighted by Gasteiger charge is 2.53. The predicted octanol–water partition coefficient (Wildman–Crippen LogP) is 7.35. The lowest BCUT2D eigenvalue weighted by Crippen LogP contribution is -2.40. The molecule has 2 aliphatic carbocycles. The van der Waals surface area contributed by atoms with E-state index in [1.54, 1.807) is 0 Å². The van der Waals surface area contributed by atoms with Crippen molar-refractivity contribution in [2.24, 2.45) is 11.8 Å². The standard InChI is InChI=1S/C35H36O2/c1-24(21-36)19-34(30-15-7-3-11-26(30)27-12-4-8-16-31(27)34)23-35(20-25(2)22-37)32-17-9-5-13-28(32)29-14-6-10-18-33(29)35/h3-18,24-25,36-37H,19-23H2,1-2H3. The molecular formula is C35H36O2. The number of fused-ring (bicyclic) bond motifs is 6. The van der Waals surface area contributed by atoms with Gasteiger partial charge in [-0.25, -0.2) is 0 Å². The van der Waals surface area contributed by atoms with E-state index in [1.165, 1.54) is 44.5 Å². The minimum absolute atomic E-state index is 0.151. The van der Waals surface area contributed by atoms with Gasteiger partial charge in [0.1, 0.15) is 0 Å². The number of aliphatic hydroxyl groups is 2. The summed E-state index contributed by atoms with van der Waals surface area (Å²) in [6.45, 7) is 4.67. The second-order valence-electron chi connectivity index (χ2n) is 11.5. The fourth-order valence-corrected chi connectivity index (χ4v) is 7.63. The second kappa shape index (κ2) is 9.28. The molecule has 0 heterocycles. The third kappa shape index (κ3) is 3.61. The van der Waals surface area contributed by atoms with Crippen LogP contribution >= 0.6 is 0 Å². The lowest BCUT2D eigenvalue weighted by molar-refractivity contribution is 0.178. The van der Waals surface area contributed by atoms with Gasteiger partial charge in [0.15, 0.2) is 0 Å². The molecule has 0 fully saturated rings. The van der Waals surface area contributed by atoms with E-state index < -0.39 is 0 Å². The first-order chi connectivity index (χ1) is 18.0. The van der Waals surface area contributed by atoms with Crippen molar-refractivity contribution >= 4 is 0 Å². The van der Waals surface area contributed by atoms with Gasteiger partial charge in [0.05, 0.1) is 0 Å². The molecule has 0 radical (unpaired) electrons. The molecule has 2 unspecified atom stereocenters. The molecule has 2 N–H and O–H groups in total. The molecule has 0 aliphatic heterocycles. The molecule has 2 aliphatic rings. The van der Waals surface area contributed by atoms with Crippen molar-refractivity contribution in [2.75, 3.05) is 13.2 Å². The van der Waals surface area contributed by atoms with Crippen LogP contribution in [-0.2, 0) is 10.8 Å². The summed E-state index contributed by atoms with van der Waals surface area (Å²) in [6, 6.07) is 35.6. The van der Waals surface area contributed by atoms with Gasteiger partial charge in [-0.05, 0) is 75.6 Å². The van der Waals surface area contributed by atoms with Crippen LogP contribution in [0.3, 0.4) is 0 Å². The molecule has 37 heavy (non-hydrogen) atoms. The van der Waals surface area contributed by atoms with Gasteiger partial charge in [0.2, 0.25) is 0 Å². The predicted molar refractivity (Wildman–Crippen MR) is 152 cm³/mol.